The number of halogens is 1. The highest BCUT2D eigenvalue weighted by molar-refractivity contribution is 5.35. The van der Waals surface area contributed by atoms with E-state index in [4.69, 9.17) is 5.73 Å². The minimum atomic E-state index is -0.161. The molecule has 0 radical (unpaired) electrons. The monoisotopic (exact) mass is 255 g/mol. The Hall–Kier alpha value is -1.67. The number of hydrogen-bond acceptors (Lipinski definition) is 1. The van der Waals surface area contributed by atoms with Crippen LogP contribution in [-0.4, -0.2) is 0 Å². The van der Waals surface area contributed by atoms with Gasteiger partial charge in [-0.05, 0) is 54.0 Å². The van der Waals surface area contributed by atoms with Crippen molar-refractivity contribution in [1.82, 2.24) is 0 Å². The summed E-state index contributed by atoms with van der Waals surface area (Å²) in [6.45, 7) is 1.79. The fraction of sp³-hybridized carbons (Fsp3) is 0.294. The van der Waals surface area contributed by atoms with Gasteiger partial charge < -0.3 is 5.73 Å². The number of rotatable bonds is 2. The fourth-order valence-corrected chi connectivity index (χ4v) is 2.99. The van der Waals surface area contributed by atoms with Crippen molar-refractivity contribution in [3.63, 3.8) is 0 Å². The normalized spacial score (nSPS) is 16.4. The average molecular weight is 255 g/mol. The van der Waals surface area contributed by atoms with Gasteiger partial charge in [-0.2, -0.15) is 0 Å². The summed E-state index contributed by atoms with van der Waals surface area (Å²) in [4.78, 5) is 0. The lowest BCUT2D eigenvalue weighted by Crippen LogP contribution is -2.22. The third kappa shape index (κ3) is 2.28. The van der Waals surface area contributed by atoms with Crippen molar-refractivity contribution in [2.24, 2.45) is 11.7 Å². The molecule has 2 N–H and O–H groups in total. The quantitative estimate of drug-likeness (QED) is 0.872. The van der Waals surface area contributed by atoms with E-state index >= 15 is 0 Å². The minimum absolute atomic E-state index is 0.0216. The van der Waals surface area contributed by atoms with E-state index in [1.807, 2.05) is 12.1 Å². The van der Waals surface area contributed by atoms with Gasteiger partial charge in [-0.25, -0.2) is 4.39 Å². The van der Waals surface area contributed by atoms with Crippen molar-refractivity contribution in [2.45, 2.75) is 25.8 Å². The molecular weight excluding hydrogens is 237 g/mol. The molecule has 0 saturated carbocycles. The zero-order chi connectivity index (χ0) is 13.4. The van der Waals surface area contributed by atoms with Gasteiger partial charge in [0.05, 0.1) is 0 Å². The van der Waals surface area contributed by atoms with Crippen LogP contribution in [0.5, 0.6) is 0 Å². The maximum absolute atomic E-state index is 13.3. The Morgan fingerprint density at radius 3 is 2.32 bits per heavy atom. The molecule has 2 aromatic rings. The van der Waals surface area contributed by atoms with Crippen LogP contribution in [-0.2, 0) is 12.8 Å². The molecular formula is C17H18FN. The Kier molecular flexibility index (Phi) is 3.11. The lowest BCUT2D eigenvalue weighted by Gasteiger charge is -2.19. The molecule has 0 aromatic heterocycles. The van der Waals surface area contributed by atoms with E-state index in [0.717, 1.165) is 18.4 Å². The summed E-state index contributed by atoms with van der Waals surface area (Å²) in [5.41, 5.74) is 10.9. The van der Waals surface area contributed by atoms with Gasteiger partial charge in [0.2, 0.25) is 0 Å². The second kappa shape index (κ2) is 4.78. The second-order valence-electron chi connectivity index (χ2n) is 5.47. The van der Waals surface area contributed by atoms with Gasteiger partial charge >= 0.3 is 0 Å². The van der Waals surface area contributed by atoms with Crippen LogP contribution in [0.15, 0.2) is 42.5 Å². The maximum atomic E-state index is 13.3. The molecule has 0 spiro atoms. The van der Waals surface area contributed by atoms with E-state index in [2.05, 4.69) is 24.3 Å². The van der Waals surface area contributed by atoms with Gasteiger partial charge in [-0.15, -0.1) is 0 Å². The summed E-state index contributed by atoms with van der Waals surface area (Å²) in [5.74, 6) is 0.257. The van der Waals surface area contributed by atoms with Crippen molar-refractivity contribution in [2.75, 3.05) is 0 Å². The summed E-state index contributed by atoms with van der Waals surface area (Å²) in [6, 6.07) is 13.7. The smallest absolute Gasteiger partial charge is 0.126 e. The zero-order valence-electron chi connectivity index (χ0n) is 11.1. The van der Waals surface area contributed by atoms with E-state index in [1.54, 1.807) is 6.92 Å². The number of nitrogens with two attached hydrogens (primary N) is 1. The molecule has 2 heteroatoms. The van der Waals surface area contributed by atoms with Crippen LogP contribution in [0.3, 0.4) is 0 Å². The largest absolute Gasteiger partial charge is 0.324 e. The molecule has 1 aliphatic carbocycles. The molecule has 3 rings (SSSR count). The van der Waals surface area contributed by atoms with Crippen molar-refractivity contribution in [1.29, 1.82) is 0 Å². The lowest BCUT2D eigenvalue weighted by molar-refractivity contribution is 0.453. The van der Waals surface area contributed by atoms with Gasteiger partial charge in [-0.3, -0.25) is 0 Å². The molecule has 0 saturated heterocycles. The first-order chi connectivity index (χ1) is 9.15. The molecule has 0 bridgehead atoms. The first-order valence-corrected chi connectivity index (χ1v) is 6.73. The highest BCUT2D eigenvalue weighted by Crippen LogP contribution is 2.34. The van der Waals surface area contributed by atoms with E-state index in [0.29, 0.717) is 11.5 Å². The molecule has 1 aliphatic rings. The molecule has 98 valence electrons. The molecule has 1 unspecified atom stereocenters. The van der Waals surface area contributed by atoms with Gasteiger partial charge in [0.1, 0.15) is 5.82 Å². The van der Waals surface area contributed by atoms with Crippen molar-refractivity contribution in [3.8, 4) is 0 Å². The summed E-state index contributed by atoms with van der Waals surface area (Å²) in [5, 5.41) is 0. The molecule has 0 fully saturated rings. The van der Waals surface area contributed by atoms with Gasteiger partial charge in [0.15, 0.2) is 0 Å². The zero-order valence-corrected chi connectivity index (χ0v) is 11.1. The molecule has 0 aliphatic heterocycles. The van der Waals surface area contributed by atoms with Crippen LogP contribution in [0.4, 0.5) is 4.39 Å². The summed E-state index contributed by atoms with van der Waals surface area (Å²) in [6.07, 6.45) is 2.04. The third-order valence-corrected chi connectivity index (χ3v) is 4.16. The second-order valence-corrected chi connectivity index (χ2v) is 5.47. The average Bonchev–Trinajstić information content (AvgIpc) is 2.85. The number of benzene rings is 2. The Labute approximate surface area is 113 Å². The summed E-state index contributed by atoms with van der Waals surface area (Å²) >= 11 is 0. The fourth-order valence-electron chi connectivity index (χ4n) is 2.99. The van der Waals surface area contributed by atoms with E-state index in [-0.39, 0.29) is 11.9 Å². The summed E-state index contributed by atoms with van der Waals surface area (Å²) in [7, 11) is 0. The van der Waals surface area contributed by atoms with Crippen LogP contribution in [0.1, 0.15) is 28.3 Å². The lowest BCUT2D eigenvalue weighted by atomic mass is 9.90. The SMILES string of the molecule is Cc1cc(C(N)C2Cc3ccccc3C2)ccc1F. The Balaban J connectivity index is 1.82. The Morgan fingerprint density at radius 1 is 1.11 bits per heavy atom. The standard InChI is InChI=1S/C17H18FN/c1-11-8-14(6-7-16(11)18)17(19)15-9-12-4-2-3-5-13(12)10-15/h2-8,15,17H,9-10,19H2,1H3. The maximum Gasteiger partial charge on any atom is 0.126 e. The molecule has 1 atom stereocenters. The topological polar surface area (TPSA) is 26.0 Å². The summed E-state index contributed by atoms with van der Waals surface area (Å²) < 4.78 is 13.3. The molecule has 0 amide bonds. The number of fused-ring (bicyclic) bond motifs is 1. The predicted octanol–water partition coefficient (Wildman–Crippen LogP) is 3.55. The van der Waals surface area contributed by atoms with Crippen LogP contribution in [0.2, 0.25) is 0 Å². The Morgan fingerprint density at radius 2 is 1.74 bits per heavy atom. The first-order valence-electron chi connectivity index (χ1n) is 6.73. The van der Waals surface area contributed by atoms with E-state index in [1.165, 1.54) is 17.2 Å². The van der Waals surface area contributed by atoms with Gasteiger partial charge in [0, 0.05) is 6.04 Å². The van der Waals surface area contributed by atoms with Crippen LogP contribution >= 0.6 is 0 Å². The minimum Gasteiger partial charge on any atom is -0.324 e. The molecule has 0 heterocycles. The molecule has 1 nitrogen and oxygen atoms in total. The predicted molar refractivity (Wildman–Crippen MR) is 75.4 cm³/mol. The third-order valence-electron chi connectivity index (χ3n) is 4.16. The van der Waals surface area contributed by atoms with Gasteiger partial charge in [-0.1, -0.05) is 36.4 Å². The first kappa shape index (κ1) is 12.4. The van der Waals surface area contributed by atoms with Crippen molar-refractivity contribution in [3.05, 3.63) is 70.5 Å². The van der Waals surface area contributed by atoms with Crippen LogP contribution < -0.4 is 5.73 Å². The van der Waals surface area contributed by atoms with Crippen LogP contribution in [0, 0.1) is 18.7 Å². The molecule has 19 heavy (non-hydrogen) atoms. The highest BCUT2D eigenvalue weighted by Gasteiger charge is 2.27. The Bertz CT molecular complexity index is 581. The van der Waals surface area contributed by atoms with E-state index < -0.39 is 0 Å². The van der Waals surface area contributed by atoms with Crippen molar-refractivity contribution >= 4 is 0 Å². The highest BCUT2D eigenvalue weighted by atomic mass is 19.1. The van der Waals surface area contributed by atoms with Gasteiger partial charge in [0.25, 0.3) is 0 Å². The van der Waals surface area contributed by atoms with Crippen molar-refractivity contribution < 1.29 is 4.39 Å². The number of hydrogen-bond donors (Lipinski definition) is 1. The number of aryl methyl sites for hydroxylation is 1. The van der Waals surface area contributed by atoms with E-state index in [9.17, 15) is 4.39 Å². The molecule has 2 aromatic carbocycles. The van der Waals surface area contributed by atoms with Crippen LogP contribution in [0.25, 0.3) is 0 Å².